The predicted octanol–water partition coefficient (Wildman–Crippen LogP) is 27.4. The van der Waals surface area contributed by atoms with Gasteiger partial charge in [0.15, 0.2) is 12.2 Å². The van der Waals surface area contributed by atoms with E-state index in [9.17, 15) is 43.2 Å². The SMILES string of the molecule is CCCCCCCCCCCCCCCCCCCCCC(=O)OC[C@H](COP(=O)(O)OC[C@@H](O)COP(=O)(O)OC[C@@H](COC(=O)CCCCCCCCCCC(C)CC)OC(=O)CCCCCCCCCCCCCCCCCC(C)C)OC(=O)CCCCCCCCCCCCCCCCCCCCC. The van der Waals surface area contributed by atoms with E-state index >= 15 is 0 Å². The molecule has 17 nitrogen and oxygen atoms in total. The topological polar surface area (TPSA) is 237 Å². The number of phosphoric ester groups is 2. The van der Waals surface area contributed by atoms with Gasteiger partial charge in [0, 0.05) is 25.7 Å². The van der Waals surface area contributed by atoms with Crippen molar-refractivity contribution in [1.29, 1.82) is 0 Å². The molecule has 3 unspecified atom stereocenters. The minimum absolute atomic E-state index is 0.108. The molecule has 108 heavy (non-hydrogen) atoms. The van der Waals surface area contributed by atoms with Gasteiger partial charge in [-0.1, -0.05) is 427 Å². The molecular formula is C89H174O17P2. The van der Waals surface area contributed by atoms with Crippen molar-refractivity contribution in [2.75, 3.05) is 39.6 Å². The Labute approximate surface area is 664 Å². The molecular weight excluding hydrogens is 1400 g/mol. The van der Waals surface area contributed by atoms with E-state index in [1.54, 1.807) is 0 Å². The molecule has 3 N–H and O–H groups in total. The summed E-state index contributed by atoms with van der Waals surface area (Å²) in [6.45, 7) is 9.72. The average molecular weight is 1580 g/mol. The fraction of sp³-hybridized carbons (Fsp3) is 0.955. The zero-order valence-corrected chi connectivity index (χ0v) is 73.0. The van der Waals surface area contributed by atoms with Gasteiger partial charge < -0.3 is 33.8 Å². The van der Waals surface area contributed by atoms with Crippen molar-refractivity contribution in [1.82, 2.24) is 0 Å². The van der Waals surface area contributed by atoms with Crippen molar-refractivity contribution >= 4 is 39.5 Å². The number of carbonyl (C=O) groups is 4. The van der Waals surface area contributed by atoms with Crippen LogP contribution in [0.2, 0.25) is 0 Å². The maximum absolute atomic E-state index is 13.2. The molecule has 0 bridgehead atoms. The number of rotatable bonds is 88. The van der Waals surface area contributed by atoms with Crippen LogP contribution in [0.25, 0.3) is 0 Å². The lowest BCUT2D eigenvalue weighted by atomic mass is 9.99. The number of hydrogen-bond donors (Lipinski definition) is 3. The minimum atomic E-state index is -4.97. The van der Waals surface area contributed by atoms with Crippen LogP contribution in [-0.4, -0.2) is 96.7 Å². The molecule has 0 saturated heterocycles. The molecule has 0 fully saturated rings. The molecule has 0 aliphatic carbocycles. The Kier molecular flexibility index (Phi) is 78.8. The maximum Gasteiger partial charge on any atom is 0.472 e. The van der Waals surface area contributed by atoms with Gasteiger partial charge in [-0.3, -0.25) is 37.3 Å². The van der Waals surface area contributed by atoms with Gasteiger partial charge in [0.2, 0.25) is 0 Å². The number of phosphoric acid groups is 2. The highest BCUT2D eigenvalue weighted by Gasteiger charge is 2.31. The lowest BCUT2D eigenvalue weighted by Gasteiger charge is -2.21. The lowest BCUT2D eigenvalue weighted by Crippen LogP contribution is -2.30. The molecule has 0 aromatic carbocycles. The van der Waals surface area contributed by atoms with E-state index in [0.717, 1.165) is 102 Å². The van der Waals surface area contributed by atoms with Gasteiger partial charge in [0.05, 0.1) is 26.4 Å². The van der Waals surface area contributed by atoms with Gasteiger partial charge in [0.25, 0.3) is 0 Å². The molecule has 0 spiro atoms. The number of aliphatic hydroxyl groups excluding tert-OH is 1. The first kappa shape index (κ1) is 106. The van der Waals surface area contributed by atoms with E-state index in [2.05, 4.69) is 41.5 Å². The van der Waals surface area contributed by atoms with Crippen LogP contribution in [0, 0.1) is 11.8 Å². The van der Waals surface area contributed by atoms with E-state index in [1.807, 2.05) is 0 Å². The summed E-state index contributed by atoms with van der Waals surface area (Å²) in [4.78, 5) is 73.4. The van der Waals surface area contributed by atoms with Crippen LogP contribution < -0.4 is 0 Å². The van der Waals surface area contributed by atoms with Crippen molar-refractivity contribution in [3.63, 3.8) is 0 Å². The molecule has 0 aliphatic heterocycles. The number of ether oxygens (including phenoxy) is 4. The van der Waals surface area contributed by atoms with Crippen LogP contribution in [-0.2, 0) is 65.4 Å². The molecule has 0 aromatic rings. The molecule has 0 rings (SSSR count). The summed E-state index contributed by atoms with van der Waals surface area (Å²) in [6, 6.07) is 0. The van der Waals surface area contributed by atoms with Crippen molar-refractivity contribution in [2.24, 2.45) is 11.8 Å². The van der Waals surface area contributed by atoms with E-state index in [-0.39, 0.29) is 25.7 Å². The summed E-state index contributed by atoms with van der Waals surface area (Å²) in [7, 11) is -9.93. The van der Waals surface area contributed by atoms with Crippen LogP contribution in [0.4, 0.5) is 0 Å². The Bertz CT molecular complexity index is 2070. The second kappa shape index (κ2) is 80.3. The first-order chi connectivity index (χ1) is 52.4. The molecule has 642 valence electrons. The molecule has 0 heterocycles. The Morgan fingerprint density at radius 3 is 0.704 bits per heavy atom. The maximum atomic E-state index is 13.2. The van der Waals surface area contributed by atoms with Crippen molar-refractivity contribution in [3.05, 3.63) is 0 Å². The van der Waals surface area contributed by atoms with E-state index in [1.165, 1.54) is 295 Å². The first-order valence-corrected chi connectivity index (χ1v) is 49.0. The molecule has 0 aromatic heterocycles. The van der Waals surface area contributed by atoms with Gasteiger partial charge in [-0.25, -0.2) is 9.13 Å². The molecule has 19 heteroatoms. The number of aliphatic hydroxyl groups is 1. The quantitative estimate of drug-likeness (QED) is 0.0222. The highest BCUT2D eigenvalue weighted by Crippen LogP contribution is 2.45. The highest BCUT2D eigenvalue weighted by molar-refractivity contribution is 7.47. The Morgan fingerprint density at radius 1 is 0.269 bits per heavy atom. The lowest BCUT2D eigenvalue weighted by molar-refractivity contribution is -0.161. The van der Waals surface area contributed by atoms with Crippen LogP contribution in [0.15, 0.2) is 0 Å². The number of hydrogen-bond acceptors (Lipinski definition) is 15. The van der Waals surface area contributed by atoms with Gasteiger partial charge in [-0.05, 0) is 37.5 Å². The van der Waals surface area contributed by atoms with Gasteiger partial charge in [0.1, 0.15) is 19.3 Å². The van der Waals surface area contributed by atoms with Crippen LogP contribution in [0.1, 0.15) is 478 Å². The van der Waals surface area contributed by atoms with Gasteiger partial charge in [-0.15, -0.1) is 0 Å². The monoisotopic (exact) mass is 1580 g/mol. The van der Waals surface area contributed by atoms with Crippen molar-refractivity contribution in [3.8, 4) is 0 Å². The fourth-order valence-corrected chi connectivity index (χ4v) is 15.5. The third-order valence-corrected chi connectivity index (χ3v) is 23.2. The van der Waals surface area contributed by atoms with E-state index < -0.39 is 97.5 Å². The van der Waals surface area contributed by atoms with Crippen molar-refractivity contribution < 1.29 is 80.2 Å². The normalized spacial score (nSPS) is 14.0. The number of esters is 4. The third-order valence-electron chi connectivity index (χ3n) is 21.3. The fourth-order valence-electron chi connectivity index (χ4n) is 13.9. The number of carbonyl (C=O) groups excluding carboxylic acids is 4. The second-order valence-corrected chi connectivity index (χ2v) is 35.6. The highest BCUT2D eigenvalue weighted by atomic mass is 31.2. The van der Waals surface area contributed by atoms with Crippen LogP contribution >= 0.6 is 15.6 Å². The van der Waals surface area contributed by atoms with Crippen LogP contribution in [0.3, 0.4) is 0 Å². The van der Waals surface area contributed by atoms with E-state index in [4.69, 9.17) is 37.0 Å². The summed E-state index contributed by atoms with van der Waals surface area (Å²) < 4.78 is 69.0. The average Bonchev–Trinajstić information content (AvgIpc) is 0.901. The standard InChI is InChI=1S/C89H174O17P2/c1-7-10-12-14-16-18-20-22-24-26-28-30-34-38-42-46-53-59-65-71-86(91)99-77-84(105-88(93)73-67-61-55-47-43-39-35-31-29-27-25-23-21-19-17-15-13-11-8-2)79-103-107(95,96)101-75-83(90)76-102-108(97,98)104-80-85(78-100-87(92)72-66-60-54-50-49-52-58-64-70-82(6)9-3)106-89(94)74-68-62-56-48-44-40-36-32-33-37-41-45-51-57-63-69-81(4)5/h81-85,90H,7-80H2,1-6H3,(H,95,96)(H,97,98)/t82?,83-,84-,85-/m1/s1. The molecule has 0 amide bonds. The summed E-state index contributed by atoms with van der Waals surface area (Å²) in [5.41, 5.74) is 0. The summed E-state index contributed by atoms with van der Waals surface area (Å²) >= 11 is 0. The molecule has 0 saturated carbocycles. The Hall–Kier alpha value is -1.94. The Morgan fingerprint density at radius 2 is 0.472 bits per heavy atom. The molecule has 0 aliphatic rings. The van der Waals surface area contributed by atoms with Gasteiger partial charge in [-0.2, -0.15) is 0 Å². The zero-order valence-electron chi connectivity index (χ0n) is 71.2. The summed E-state index contributed by atoms with van der Waals surface area (Å²) in [5.74, 6) is -0.518. The first-order valence-electron chi connectivity index (χ1n) is 46.0. The second-order valence-electron chi connectivity index (χ2n) is 32.7. The zero-order chi connectivity index (χ0) is 79.2. The van der Waals surface area contributed by atoms with E-state index in [0.29, 0.717) is 25.7 Å². The van der Waals surface area contributed by atoms with Gasteiger partial charge >= 0.3 is 39.5 Å². The summed E-state index contributed by atoms with van der Waals surface area (Å²) in [5, 5.41) is 10.7. The largest absolute Gasteiger partial charge is 0.472 e. The predicted molar refractivity (Wildman–Crippen MR) is 446 cm³/mol. The third kappa shape index (κ3) is 80.7. The molecule has 0 radical (unpaired) electrons. The molecule has 6 atom stereocenters. The van der Waals surface area contributed by atoms with Crippen LogP contribution in [0.5, 0.6) is 0 Å². The summed E-state index contributed by atoms with van der Waals surface area (Å²) in [6.07, 6.45) is 73.6. The minimum Gasteiger partial charge on any atom is -0.462 e. The van der Waals surface area contributed by atoms with Crippen molar-refractivity contribution in [2.45, 2.75) is 496 Å². The Balaban J connectivity index is 5.26. The smallest absolute Gasteiger partial charge is 0.462 e. The number of unbranched alkanes of at least 4 members (excludes halogenated alkanes) is 57.